The summed E-state index contributed by atoms with van der Waals surface area (Å²) in [6, 6.07) is 9.73. The Morgan fingerprint density at radius 2 is 1.81 bits per heavy atom. The lowest BCUT2D eigenvalue weighted by Gasteiger charge is -2.04. The van der Waals surface area contributed by atoms with Gasteiger partial charge in [0.05, 0.1) is 5.69 Å². The van der Waals surface area contributed by atoms with Gasteiger partial charge >= 0.3 is 5.97 Å². The van der Waals surface area contributed by atoms with E-state index >= 15 is 0 Å². The number of carbonyl (C=O) groups excluding carboxylic acids is 1. The molecular weight excluding hydrogens is 270 g/mol. The van der Waals surface area contributed by atoms with Gasteiger partial charge in [0.25, 0.3) is 5.78 Å². The van der Waals surface area contributed by atoms with Gasteiger partial charge in [-0.2, -0.15) is 0 Å². The SMILES string of the molecule is Cc1ccc(Cc2cc[nH]c2C(O)=CC(=O)C(=O)O)cc1. The fourth-order valence-electron chi connectivity index (χ4n) is 1.97. The quantitative estimate of drug-likeness (QED) is 0.447. The van der Waals surface area contributed by atoms with E-state index in [1.807, 2.05) is 31.2 Å². The zero-order valence-corrected chi connectivity index (χ0v) is 11.5. The van der Waals surface area contributed by atoms with Crippen molar-refractivity contribution in [1.29, 1.82) is 0 Å². The molecule has 108 valence electrons. The standard InChI is InChI=1S/C16H15NO4/c1-10-2-4-11(5-3-10)8-12-6-7-17-15(12)13(18)9-14(19)16(20)21/h2-7,9,17-18H,8H2,1H3,(H,20,21). The first-order valence-corrected chi connectivity index (χ1v) is 6.37. The van der Waals surface area contributed by atoms with Gasteiger partial charge in [-0.15, -0.1) is 0 Å². The van der Waals surface area contributed by atoms with Crippen LogP contribution in [0, 0.1) is 6.92 Å². The van der Waals surface area contributed by atoms with E-state index in [1.165, 1.54) is 0 Å². The molecule has 5 heteroatoms. The number of carboxylic acid groups (broad SMARTS) is 1. The molecule has 0 radical (unpaired) electrons. The molecule has 0 bridgehead atoms. The molecule has 0 amide bonds. The van der Waals surface area contributed by atoms with Crippen LogP contribution in [0.5, 0.6) is 0 Å². The van der Waals surface area contributed by atoms with Crippen molar-refractivity contribution < 1.29 is 19.8 Å². The molecule has 1 aromatic heterocycles. The number of aliphatic hydroxyl groups is 1. The minimum absolute atomic E-state index is 0.352. The van der Waals surface area contributed by atoms with Crippen molar-refractivity contribution in [3.8, 4) is 0 Å². The molecule has 1 heterocycles. The predicted octanol–water partition coefficient (Wildman–Crippen LogP) is 2.47. The molecule has 21 heavy (non-hydrogen) atoms. The molecule has 0 atom stereocenters. The Hall–Kier alpha value is -2.82. The highest BCUT2D eigenvalue weighted by Crippen LogP contribution is 2.19. The maximum Gasteiger partial charge on any atom is 0.376 e. The van der Waals surface area contributed by atoms with Crippen molar-refractivity contribution in [1.82, 2.24) is 4.98 Å². The topological polar surface area (TPSA) is 90.4 Å². The highest BCUT2D eigenvalue weighted by Gasteiger charge is 2.14. The van der Waals surface area contributed by atoms with E-state index in [2.05, 4.69) is 4.98 Å². The van der Waals surface area contributed by atoms with Gasteiger partial charge < -0.3 is 15.2 Å². The summed E-state index contributed by atoms with van der Waals surface area (Å²) >= 11 is 0. The van der Waals surface area contributed by atoms with Crippen LogP contribution in [0.1, 0.15) is 22.4 Å². The van der Waals surface area contributed by atoms with Gasteiger partial charge in [-0.3, -0.25) is 4.79 Å². The number of aliphatic hydroxyl groups excluding tert-OH is 1. The number of aliphatic carboxylic acids is 1. The van der Waals surface area contributed by atoms with Crippen LogP contribution in [0.4, 0.5) is 0 Å². The van der Waals surface area contributed by atoms with Crippen molar-refractivity contribution in [3.05, 3.63) is 65.0 Å². The molecule has 0 aliphatic carbocycles. The number of H-pyrrole nitrogens is 1. The predicted molar refractivity (Wildman–Crippen MR) is 78.0 cm³/mol. The van der Waals surface area contributed by atoms with Gasteiger partial charge in [-0.05, 0) is 30.5 Å². The van der Waals surface area contributed by atoms with E-state index in [1.54, 1.807) is 12.3 Å². The Bertz CT molecular complexity index is 695. The second-order valence-corrected chi connectivity index (χ2v) is 4.74. The maximum absolute atomic E-state index is 11.1. The number of benzene rings is 1. The smallest absolute Gasteiger partial charge is 0.376 e. The average Bonchev–Trinajstić information content (AvgIpc) is 2.89. The van der Waals surface area contributed by atoms with Gasteiger partial charge in [0, 0.05) is 12.3 Å². The highest BCUT2D eigenvalue weighted by atomic mass is 16.4. The van der Waals surface area contributed by atoms with Gasteiger partial charge in [-0.25, -0.2) is 4.79 Å². The van der Waals surface area contributed by atoms with Gasteiger partial charge in [-0.1, -0.05) is 29.8 Å². The molecule has 0 spiro atoms. The first kappa shape index (κ1) is 14.6. The van der Waals surface area contributed by atoms with E-state index in [9.17, 15) is 14.7 Å². The summed E-state index contributed by atoms with van der Waals surface area (Å²) in [5.74, 6) is -3.15. The molecule has 0 aliphatic heterocycles. The number of aryl methyl sites for hydroxylation is 1. The van der Waals surface area contributed by atoms with Crippen LogP contribution < -0.4 is 0 Å². The summed E-state index contributed by atoms with van der Waals surface area (Å²) in [4.78, 5) is 24.4. The third-order valence-electron chi connectivity index (χ3n) is 3.08. The van der Waals surface area contributed by atoms with Crippen molar-refractivity contribution in [2.75, 3.05) is 0 Å². The molecule has 2 rings (SSSR count). The summed E-state index contributed by atoms with van der Waals surface area (Å²) in [5.41, 5.74) is 3.35. The molecule has 1 aromatic carbocycles. The summed E-state index contributed by atoms with van der Waals surface area (Å²) in [6.45, 7) is 2.00. The van der Waals surface area contributed by atoms with Crippen LogP contribution in [0.3, 0.4) is 0 Å². The van der Waals surface area contributed by atoms with Crippen molar-refractivity contribution >= 4 is 17.5 Å². The first-order chi connectivity index (χ1) is 9.97. The number of carbonyl (C=O) groups is 2. The summed E-state index contributed by atoms with van der Waals surface area (Å²) in [6.07, 6.45) is 2.90. The number of nitrogens with one attached hydrogen (secondary N) is 1. The number of ketones is 1. The van der Waals surface area contributed by atoms with Crippen molar-refractivity contribution in [3.63, 3.8) is 0 Å². The maximum atomic E-state index is 11.1. The lowest BCUT2D eigenvalue weighted by molar-refractivity contribution is -0.146. The van der Waals surface area contributed by atoms with Crippen LogP contribution in [0.25, 0.3) is 5.76 Å². The number of rotatable bonds is 5. The molecule has 0 saturated heterocycles. The normalized spacial score (nSPS) is 11.4. The molecule has 0 saturated carbocycles. The Morgan fingerprint density at radius 1 is 1.14 bits per heavy atom. The average molecular weight is 285 g/mol. The van der Waals surface area contributed by atoms with E-state index in [4.69, 9.17) is 5.11 Å². The molecular formula is C16H15NO4. The summed E-state index contributed by atoms with van der Waals surface area (Å²) < 4.78 is 0. The molecule has 0 aliphatic rings. The second-order valence-electron chi connectivity index (χ2n) is 4.74. The minimum Gasteiger partial charge on any atom is -0.506 e. The third kappa shape index (κ3) is 3.60. The molecule has 3 N–H and O–H groups in total. The van der Waals surface area contributed by atoms with Crippen LogP contribution in [0.2, 0.25) is 0 Å². The zero-order chi connectivity index (χ0) is 15.4. The Kier molecular flexibility index (Phi) is 4.23. The zero-order valence-electron chi connectivity index (χ0n) is 11.5. The monoisotopic (exact) mass is 285 g/mol. The Balaban J connectivity index is 2.24. The van der Waals surface area contributed by atoms with E-state index < -0.39 is 11.8 Å². The van der Waals surface area contributed by atoms with E-state index in [-0.39, 0.29) is 5.76 Å². The van der Waals surface area contributed by atoms with Gasteiger partial charge in [0.2, 0.25) is 0 Å². The van der Waals surface area contributed by atoms with Crippen LogP contribution in [-0.4, -0.2) is 26.9 Å². The number of hydrogen-bond donors (Lipinski definition) is 3. The van der Waals surface area contributed by atoms with E-state index in [0.717, 1.165) is 16.7 Å². The summed E-state index contributed by atoms with van der Waals surface area (Å²) in [7, 11) is 0. The number of carboxylic acids is 1. The number of aromatic amines is 1. The van der Waals surface area contributed by atoms with Crippen LogP contribution in [-0.2, 0) is 16.0 Å². The molecule has 5 nitrogen and oxygen atoms in total. The first-order valence-electron chi connectivity index (χ1n) is 6.37. The van der Waals surface area contributed by atoms with Gasteiger partial charge in [0.15, 0.2) is 0 Å². The highest BCUT2D eigenvalue weighted by molar-refractivity contribution is 6.38. The molecule has 0 fully saturated rings. The lowest BCUT2D eigenvalue weighted by Crippen LogP contribution is -2.09. The number of aromatic nitrogens is 1. The Morgan fingerprint density at radius 3 is 2.43 bits per heavy atom. The van der Waals surface area contributed by atoms with Crippen LogP contribution in [0.15, 0.2) is 42.6 Å². The lowest BCUT2D eigenvalue weighted by atomic mass is 10.0. The van der Waals surface area contributed by atoms with Crippen molar-refractivity contribution in [2.24, 2.45) is 0 Å². The number of hydrogen-bond acceptors (Lipinski definition) is 3. The third-order valence-corrected chi connectivity index (χ3v) is 3.08. The van der Waals surface area contributed by atoms with Crippen molar-refractivity contribution in [2.45, 2.75) is 13.3 Å². The molecule has 0 unspecified atom stereocenters. The minimum atomic E-state index is -1.60. The molecule has 2 aromatic rings. The van der Waals surface area contributed by atoms with E-state index in [0.29, 0.717) is 18.2 Å². The van der Waals surface area contributed by atoms with Crippen LogP contribution >= 0.6 is 0 Å². The fraction of sp³-hybridized carbons (Fsp3) is 0.125. The summed E-state index contributed by atoms with van der Waals surface area (Å²) in [5, 5.41) is 18.4. The second kappa shape index (κ2) is 6.09. The largest absolute Gasteiger partial charge is 0.506 e. The Labute approximate surface area is 121 Å². The fourth-order valence-corrected chi connectivity index (χ4v) is 1.97. The van der Waals surface area contributed by atoms with Gasteiger partial charge in [0.1, 0.15) is 5.76 Å².